The molecule has 1 aliphatic rings. The summed E-state index contributed by atoms with van der Waals surface area (Å²) in [7, 11) is 0. The van der Waals surface area contributed by atoms with Gasteiger partial charge in [0, 0.05) is 40.8 Å². The van der Waals surface area contributed by atoms with E-state index in [0.29, 0.717) is 0 Å². The van der Waals surface area contributed by atoms with Gasteiger partial charge in [-0.05, 0) is 87.8 Å². The Morgan fingerprint density at radius 3 is 2.52 bits per heavy atom. The number of hydrogen-bond donors (Lipinski definition) is 1. The molecule has 150 valence electrons. The fraction of sp³-hybridized carbons (Fsp3) is 0.360. The largest absolute Gasteiger partial charge is 0.343 e. The fourth-order valence-electron chi connectivity index (χ4n) is 4.34. The maximum absolute atomic E-state index is 4.76. The molecule has 4 nitrogen and oxygen atoms in total. The smallest absolute Gasteiger partial charge is 0.130 e. The van der Waals surface area contributed by atoms with Crippen molar-refractivity contribution in [3.63, 3.8) is 0 Å². The Labute approximate surface area is 173 Å². The Kier molecular flexibility index (Phi) is 5.37. The standard InChI is InChI=1S/C25H30N4/c1-16(15-29-10-6-7-11-29)27-24-13-23-12-21(8-9-22(23)14-26-24)25-18(3)17(2)19(4)28-20(25)5/h8-9,12-14H,1,6-7,10-11,15H2,2-5H3,(H,26,27). The number of rotatable bonds is 5. The van der Waals surface area contributed by atoms with Crippen LogP contribution in [0.25, 0.3) is 21.9 Å². The molecule has 3 heterocycles. The summed E-state index contributed by atoms with van der Waals surface area (Å²) in [5, 5.41) is 5.71. The van der Waals surface area contributed by atoms with Crippen molar-refractivity contribution >= 4 is 16.6 Å². The number of nitrogens with one attached hydrogen (secondary N) is 1. The first-order valence-corrected chi connectivity index (χ1v) is 10.4. The Balaban J connectivity index is 1.64. The molecule has 29 heavy (non-hydrogen) atoms. The summed E-state index contributed by atoms with van der Waals surface area (Å²) >= 11 is 0. The van der Waals surface area contributed by atoms with Gasteiger partial charge in [0.1, 0.15) is 5.82 Å². The van der Waals surface area contributed by atoms with Crippen LogP contribution in [0, 0.1) is 27.7 Å². The van der Waals surface area contributed by atoms with Crippen molar-refractivity contribution in [2.24, 2.45) is 0 Å². The number of aromatic nitrogens is 2. The maximum Gasteiger partial charge on any atom is 0.130 e. The third kappa shape index (κ3) is 4.03. The molecule has 1 saturated heterocycles. The SMILES string of the molecule is C=C(CN1CCCC1)Nc1cc2cc(-c3c(C)nc(C)c(C)c3C)ccc2cn1. The quantitative estimate of drug-likeness (QED) is 0.624. The molecule has 0 unspecified atom stereocenters. The summed E-state index contributed by atoms with van der Waals surface area (Å²) < 4.78 is 0. The highest BCUT2D eigenvalue weighted by Gasteiger charge is 2.14. The van der Waals surface area contributed by atoms with Gasteiger partial charge in [-0.2, -0.15) is 0 Å². The number of nitrogens with zero attached hydrogens (tertiary/aromatic N) is 3. The van der Waals surface area contributed by atoms with Crippen LogP contribution in [0.15, 0.2) is 42.7 Å². The van der Waals surface area contributed by atoms with E-state index in [1.54, 1.807) is 0 Å². The zero-order chi connectivity index (χ0) is 20.5. The Bertz CT molecular complexity index is 1080. The van der Waals surface area contributed by atoms with Crippen LogP contribution < -0.4 is 5.32 Å². The van der Waals surface area contributed by atoms with Gasteiger partial charge in [0.05, 0.1) is 0 Å². The van der Waals surface area contributed by atoms with E-state index in [0.717, 1.165) is 47.9 Å². The van der Waals surface area contributed by atoms with E-state index in [2.05, 4.69) is 73.7 Å². The lowest BCUT2D eigenvalue weighted by Crippen LogP contribution is -2.24. The van der Waals surface area contributed by atoms with Crippen molar-refractivity contribution in [3.05, 3.63) is 65.3 Å². The summed E-state index contributed by atoms with van der Waals surface area (Å²) in [6.07, 6.45) is 4.51. The molecule has 0 radical (unpaired) electrons. The first-order valence-electron chi connectivity index (χ1n) is 10.4. The van der Waals surface area contributed by atoms with Gasteiger partial charge in [-0.3, -0.25) is 9.88 Å². The number of benzene rings is 1. The molecular weight excluding hydrogens is 356 g/mol. The lowest BCUT2D eigenvalue weighted by molar-refractivity contribution is 0.370. The molecule has 1 fully saturated rings. The highest BCUT2D eigenvalue weighted by Crippen LogP contribution is 2.32. The topological polar surface area (TPSA) is 41.0 Å². The second-order valence-corrected chi connectivity index (χ2v) is 8.25. The molecule has 1 aromatic carbocycles. The predicted molar refractivity (Wildman–Crippen MR) is 122 cm³/mol. The van der Waals surface area contributed by atoms with E-state index in [9.17, 15) is 0 Å². The number of anilines is 1. The van der Waals surface area contributed by atoms with E-state index >= 15 is 0 Å². The van der Waals surface area contributed by atoms with Crippen LogP contribution in [0.4, 0.5) is 5.82 Å². The number of pyridine rings is 2. The molecule has 4 rings (SSSR count). The zero-order valence-electron chi connectivity index (χ0n) is 18.0. The summed E-state index contributed by atoms with van der Waals surface area (Å²) in [6.45, 7) is 15.9. The van der Waals surface area contributed by atoms with Crippen LogP contribution in [-0.4, -0.2) is 34.5 Å². The number of hydrogen-bond acceptors (Lipinski definition) is 4. The normalized spacial score (nSPS) is 14.5. The van der Waals surface area contributed by atoms with Crippen molar-refractivity contribution in [3.8, 4) is 11.1 Å². The summed E-state index contributed by atoms with van der Waals surface area (Å²) in [5.41, 5.74) is 8.20. The first-order chi connectivity index (χ1) is 13.9. The second-order valence-electron chi connectivity index (χ2n) is 8.25. The molecule has 1 aliphatic heterocycles. The van der Waals surface area contributed by atoms with Gasteiger partial charge >= 0.3 is 0 Å². The predicted octanol–water partition coefficient (Wildman–Crippen LogP) is 5.55. The molecule has 1 N–H and O–H groups in total. The molecule has 0 bridgehead atoms. The fourth-order valence-corrected chi connectivity index (χ4v) is 4.34. The third-order valence-electron chi connectivity index (χ3n) is 6.11. The van der Waals surface area contributed by atoms with E-state index < -0.39 is 0 Å². The van der Waals surface area contributed by atoms with Gasteiger partial charge in [0.15, 0.2) is 0 Å². The van der Waals surface area contributed by atoms with Gasteiger partial charge in [-0.15, -0.1) is 0 Å². The van der Waals surface area contributed by atoms with Crippen molar-refractivity contribution in [1.29, 1.82) is 0 Å². The maximum atomic E-state index is 4.76. The lowest BCUT2D eigenvalue weighted by Gasteiger charge is -2.17. The molecule has 0 saturated carbocycles. The highest BCUT2D eigenvalue weighted by molar-refractivity contribution is 5.89. The van der Waals surface area contributed by atoms with Gasteiger partial charge < -0.3 is 5.32 Å². The third-order valence-corrected chi connectivity index (χ3v) is 6.11. The summed E-state index contributed by atoms with van der Waals surface area (Å²) in [5.74, 6) is 0.852. The van der Waals surface area contributed by atoms with Gasteiger partial charge in [-0.1, -0.05) is 18.7 Å². The van der Waals surface area contributed by atoms with E-state index in [4.69, 9.17) is 4.98 Å². The van der Waals surface area contributed by atoms with Gasteiger partial charge in [0.2, 0.25) is 0 Å². The van der Waals surface area contributed by atoms with E-state index in [-0.39, 0.29) is 0 Å². The van der Waals surface area contributed by atoms with Crippen molar-refractivity contribution < 1.29 is 0 Å². The van der Waals surface area contributed by atoms with E-state index in [1.165, 1.54) is 40.5 Å². The Hall–Kier alpha value is -2.72. The van der Waals surface area contributed by atoms with Crippen molar-refractivity contribution in [1.82, 2.24) is 14.9 Å². The Morgan fingerprint density at radius 1 is 1.00 bits per heavy atom. The average Bonchev–Trinajstić information content (AvgIpc) is 3.19. The highest BCUT2D eigenvalue weighted by atomic mass is 15.2. The van der Waals surface area contributed by atoms with Crippen molar-refractivity contribution in [2.45, 2.75) is 40.5 Å². The number of fused-ring (bicyclic) bond motifs is 1. The molecule has 2 aromatic heterocycles. The minimum atomic E-state index is 0.852. The molecule has 0 aliphatic carbocycles. The first kappa shape index (κ1) is 19.6. The zero-order valence-corrected chi connectivity index (χ0v) is 18.0. The molecule has 4 heteroatoms. The monoisotopic (exact) mass is 386 g/mol. The van der Waals surface area contributed by atoms with Crippen LogP contribution in [0.2, 0.25) is 0 Å². The average molecular weight is 387 g/mol. The van der Waals surface area contributed by atoms with E-state index in [1.807, 2.05) is 6.20 Å². The van der Waals surface area contributed by atoms with Gasteiger partial charge in [0.25, 0.3) is 0 Å². The molecular formula is C25H30N4. The van der Waals surface area contributed by atoms with Crippen LogP contribution in [-0.2, 0) is 0 Å². The second kappa shape index (κ2) is 7.96. The molecule has 0 spiro atoms. The minimum Gasteiger partial charge on any atom is -0.343 e. The van der Waals surface area contributed by atoms with Crippen LogP contribution >= 0.6 is 0 Å². The van der Waals surface area contributed by atoms with Crippen LogP contribution in [0.1, 0.15) is 35.4 Å². The lowest BCUT2D eigenvalue weighted by atomic mass is 9.94. The number of aryl methyl sites for hydroxylation is 2. The van der Waals surface area contributed by atoms with Gasteiger partial charge in [-0.25, -0.2) is 4.98 Å². The molecule has 0 amide bonds. The molecule has 3 aromatic rings. The minimum absolute atomic E-state index is 0.852. The van der Waals surface area contributed by atoms with Crippen LogP contribution in [0.5, 0.6) is 0 Å². The molecule has 0 atom stereocenters. The van der Waals surface area contributed by atoms with Crippen molar-refractivity contribution in [2.75, 3.05) is 25.0 Å². The summed E-state index contributed by atoms with van der Waals surface area (Å²) in [4.78, 5) is 11.8. The summed E-state index contributed by atoms with van der Waals surface area (Å²) in [6, 6.07) is 8.69. The Morgan fingerprint density at radius 2 is 1.76 bits per heavy atom. The van der Waals surface area contributed by atoms with Crippen LogP contribution in [0.3, 0.4) is 0 Å². The number of likely N-dealkylation sites (tertiary alicyclic amines) is 1.